The molecular weight excluding hydrogens is 576 g/mol. The van der Waals surface area contributed by atoms with Crippen LogP contribution in [0.1, 0.15) is 45.6 Å². The Morgan fingerprint density at radius 3 is 2.09 bits per heavy atom. The molecule has 2 aliphatic heterocycles. The van der Waals surface area contributed by atoms with Gasteiger partial charge in [-0.3, -0.25) is 19.4 Å². The van der Waals surface area contributed by atoms with E-state index in [0.29, 0.717) is 57.2 Å². The quantitative estimate of drug-likeness (QED) is 0.272. The summed E-state index contributed by atoms with van der Waals surface area (Å²) in [5.74, 6) is -2.63. The number of alkyl halides is 3. The van der Waals surface area contributed by atoms with Crippen LogP contribution in [0, 0.1) is 11.2 Å². The molecule has 2 aromatic rings. The minimum Gasteiger partial charge on any atom is -0.493 e. The fraction of sp³-hybridized carbons (Fsp3) is 0.500. The van der Waals surface area contributed by atoms with Crippen LogP contribution in [0.3, 0.4) is 0 Å². The number of carbonyl (C=O) groups excluding carboxylic acids is 3. The summed E-state index contributed by atoms with van der Waals surface area (Å²) in [6, 6.07) is 9.93. The summed E-state index contributed by atoms with van der Waals surface area (Å²) >= 11 is 0. The van der Waals surface area contributed by atoms with Gasteiger partial charge in [0.1, 0.15) is 17.3 Å². The lowest BCUT2D eigenvalue weighted by molar-refractivity contribution is -0.312. The largest absolute Gasteiger partial charge is 0.575 e. The van der Waals surface area contributed by atoms with Gasteiger partial charge in [-0.1, -0.05) is 12.1 Å². The molecule has 2 heterocycles. The molecule has 13 heteroatoms. The summed E-state index contributed by atoms with van der Waals surface area (Å²) in [5, 5.41) is 0. The van der Waals surface area contributed by atoms with Crippen molar-refractivity contribution in [3.05, 3.63) is 47.8 Å². The Labute approximate surface area is 246 Å². The molecule has 1 unspecified atom stereocenters. The molecule has 0 radical (unpaired) electrons. The molecule has 0 aromatic heterocycles. The molecule has 43 heavy (non-hydrogen) atoms. The van der Waals surface area contributed by atoms with E-state index in [4.69, 9.17) is 14.2 Å². The molecule has 1 spiro atoms. The fourth-order valence-corrected chi connectivity index (χ4v) is 5.66. The van der Waals surface area contributed by atoms with Gasteiger partial charge in [-0.15, -0.1) is 13.2 Å². The molecule has 9 nitrogen and oxygen atoms in total. The molecule has 1 amide bonds. The summed E-state index contributed by atoms with van der Waals surface area (Å²) in [7, 11) is 0. The number of ether oxygens (including phenoxy) is 4. The molecule has 0 bridgehead atoms. The molecule has 0 N–H and O–H groups in total. The van der Waals surface area contributed by atoms with Gasteiger partial charge < -0.3 is 18.9 Å². The van der Waals surface area contributed by atoms with Crippen molar-refractivity contribution < 1.29 is 50.9 Å². The highest BCUT2D eigenvalue weighted by atomic mass is 19.4. The van der Waals surface area contributed by atoms with E-state index in [9.17, 15) is 31.9 Å². The van der Waals surface area contributed by atoms with Crippen molar-refractivity contribution in [3.63, 3.8) is 0 Å². The Morgan fingerprint density at radius 1 is 1.00 bits per heavy atom. The number of hydrogen-bond acceptors (Lipinski definition) is 8. The maximum absolute atomic E-state index is 13.6. The number of likely N-dealkylation sites (tertiary alicyclic amines) is 2. The number of carbonyl (C=O) groups is 3. The number of amides is 1. The van der Waals surface area contributed by atoms with Crippen LogP contribution < -0.4 is 9.47 Å². The predicted octanol–water partition coefficient (Wildman–Crippen LogP) is 5.06. The van der Waals surface area contributed by atoms with E-state index in [1.807, 2.05) is 26.0 Å². The Morgan fingerprint density at radius 2 is 1.58 bits per heavy atom. The third-order valence-corrected chi connectivity index (χ3v) is 7.51. The van der Waals surface area contributed by atoms with Gasteiger partial charge in [0, 0.05) is 26.4 Å². The first-order valence-corrected chi connectivity index (χ1v) is 14.0. The zero-order valence-electron chi connectivity index (χ0n) is 24.2. The van der Waals surface area contributed by atoms with E-state index in [0.717, 1.165) is 28.5 Å². The molecule has 2 fully saturated rings. The standard InChI is InChI=1S/C30H34F4N2O7/c1-4-40-23-14-20(15-24(41-5-2)26(23)21-6-8-22(31)9-7-21)17-35-12-10-29(11-13-35)16-25(38)36(18-29)27(42-19(3)37)28(39)43-30(32,33)34/h6-9,14-15,27H,4-5,10-13,16-18H2,1-3H3. The van der Waals surface area contributed by atoms with Crippen molar-refractivity contribution in [2.45, 2.75) is 59.2 Å². The lowest BCUT2D eigenvalue weighted by Gasteiger charge is -2.39. The third-order valence-electron chi connectivity index (χ3n) is 7.51. The summed E-state index contributed by atoms with van der Waals surface area (Å²) in [6.07, 6.45) is -6.34. The Balaban J connectivity index is 1.48. The van der Waals surface area contributed by atoms with Crippen LogP contribution in [0.25, 0.3) is 11.1 Å². The normalized spacial score (nSPS) is 17.6. The van der Waals surface area contributed by atoms with Gasteiger partial charge in [0.05, 0.1) is 18.8 Å². The molecule has 1 atom stereocenters. The monoisotopic (exact) mass is 610 g/mol. The number of esters is 2. The lowest BCUT2D eigenvalue weighted by Crippen LogP contribution is -2.48. The molecule has 0 saturated carbocycles. The van der Waals surface area contributed by atoms with Crippen molar-refractivity contribution in [3.8, 4) is 22.6 Å². The first-order chi connectivity index (χ1) is 20.3. The van der Waals surface area contributed by atoms with Crippen LogP contribution in [-0.2, 0) is 30.4 Å². The van der Waals surface area contributed by atoms with E-state index >= 15 is 0 Å². The zero-order chi connectivity index (χ0) is 31.4. The van der Waals surface area contributed by atoms with Crippen LogP contribution in [0.2, 0.25) is 0 Å². The first kappa shape index (κ1) is 32.1. The number of rotatable bonds is 10. The minimum absolute atomic E-state index is 0.00719. The number of nitrogens with zero attached hydrogens (tertiary/aromatic N) is 2. The Kier molecular flexibility index (Phi) is 9.83. The van der Waals surface area contributed by atoms with Crippen LogP contribution in [0.5, 0.6) is 11.5 Å². The highest BCUT2D eigenvalue weighted by molar-refractivity contribution is 5.87. The van der Waals surface area contributed by atoms with Crippen LogP contribution in [0.15, 0.2) is 36.4 Å². The maximum Gasteiger partial charge on any atom is 0.575 e. The molecule has 4 rings (SSSR count). The van der Waals surface area contributed by atoms with Crippen LogP contribution in [0.4, 0.5) is 17.6 Å². The lowest BCUT2D eigenvalue weighted by atomic mass is 9.77. The van der Waals surface area contributed by atoms with E-state index in [2.05, 4.69) is 9.64 Å². The molecule has 234 valence electrons. The maximum atomic E-state index is 13.6. The highest BCUT2D eigenvalue weighted by Crippen LogP contribution is 2.44. The SMILES string of the molecule is CCOc1cc(CN2CCC3(CC2)CC(=O)N(C(OC(C)=O)C(=O)OC(F)(F)F)C3)cc(OCC)c1-c1ccc(F)cc1. The third kappa shape index (κ3) is 7.95. The first-order valence-electron chi connectivity index (χ1n) is 14.0. The highest BCUT2D eigenvalue weighted by Gasteiger charge is 2.51. The average Bonchev–Trinajstić information content (AvgIpc) is 3.24. The van der Waals surface area contributed by atoms with E-state index < -0.39 is 35.9 Å². The summed E-state index contributed by atoms with van der Waals surface area (Å²) in [5.41, 5.74) is 1.80. The molecular formula is C30H34F4N2O7. The van der Waals surface area contributed by atoms with Gasteiger partial charge in [-0.05, 0) is 80.6 Å². The second-order valence-electron chi connectivity index (χ2n) is 10.6. The number of benzene rings is 2. The van der Waals surface area contributed by atoms with Crippen molar-refractivity contribution >= 4 is 17.8 Å². The number of halogens is 4. The van der Waals surface area contributed by atoms with E-state index in [1.54, 1.807) is 12.1 Å². The minimum atomic E-state index is -5.29. The van der Waals surface area contributed by atoms with Crippen LogP contribution >= 0.6 is 0 Å². The smallest absolute Gasteiger partial charge is 0.493 e. The van der Waals surface area contributed by atoms with Gasteiger partial charge in [0.25, 0.3) is 6.23 Å². The second-order valence-corrected chi connectivity index (χ2v) is 10.6. The topological polar surface area (TPSA) is 94.6 Å². The van der Waals surface area contributed by atoms with Crippen molar-refractivity contribution in [2.75, 3.05) is 32.8 Å². The van der Waals surface area contributed by atoms with Gasteiger partial charge in [0.2, 0.25) is 5.91 Å². The van der Waals surface area contributed by atoms with Gasteiger partial charge in [-0.25, -0.2) is 9.18 Å². The zero-order valence-corrected chi connectivity index (χ0v) is 24.2. The Hall–Kier alpha value is -3.87. The van der Waals surface area contributed by atoms with E-state index in [1.165, 1.54) is 12.1 Å². The molecule has 0 aliphatic carbocycles. The predicted molar refractivity (Wildman–Crippen MR) is 145 cm³/mol. The summed E-state index contributed by atoms with van der Waals surface area (Å²) < 4.78 is 71.8. The Bertz CT molecular complexity index is 1300. The average molecular weight is 611 g/mol. The van der Waals surface area contributed by atoms with Crippen molar-refractivity contribution in [2.24, 2.45) is 5.41 Å². The molecule has 2 saturated heterocycles. The van der Waals surface area contributed by atoms with Gasteiger partial charge in [-0.2, -0.15) is 0 Å². The van der Waals surface area contributed by atoms with Crippen LogP contribution in [-0.4, -0.2) is 73.1 Å². The van der Waals surface area contributed by atoms with E-state index in [-0.39, 0.29) is 18.8 Å². The molecule has 2 aliphatic rings. The van der Waals surface area contributed by atoms with Gasteiger partial charge >= 0.3 is 18.3 Å². The second kappa shape index (κ2) is 13.2. The summed E-state index contributed by atoms with van der Waals surface area (Å²) in [4.78, 5) is 39.6. The number of hydrogen-bond donors (Lipinski definition) is 0. The fourth-order valence-electron chi connectivity index (χ4n) is 5.66. The van der Waals surface area contributed by atoms with Crippen molar-refractivity contribution in [1.29, 1.82) is 0 Å². The van der Waals surface area contributed by atoms with Crippen molar-refractivity contribution in [1.82, 2.24) is 9.80 Å². The van der Waals surface area contributed by atoms with Gasteiger partial charge in [0.15, 0.2) is 0 Å². The number of piperidine rings is 1. The molecule has 2 aromatic carbocycles. The summed E-state index contributed by atoms with van der Waals surface area (Å²) in [6.45, 7) is 7.11.